The maximum Gasteiger partial charge on any atom is 0.305 e. The minimum absolute atomic E-state index is 0.0153. The van der Waals surface area contributed by atoms with Gasteiger partial charge in [-0.2, -0.15) is 0 Å². The molecule has 1 saturated heterocycles. The van der Waals surface area contributed by atoms with Crippen LogP contribution in [0.2, 0.25) is 0 Å². The van der Waals surface area contributed by atoms with Crippen molar-refractivity contribution in [3.8, 4) is 0 Å². The van der Waals surface area contributed by atoms with Crippen molar-refractivity contribution in [2.24, 2.45) is 11.8 Å². The summed E-state index contributed by atoms with van der Waals surface area (Å²) >= 11 is 0. The molecule has 0 bridgehead atoms. The summed E-state index contributed by atoms with van der Waals surface area (Å²) < 4.78 is 16.8. The van der Waals surface area contributed by atoms with Gasteiger partial charge in [0, 0.05) is 19.4 Å². The highest BCUT2D eigenvalue weighted by Gasteiger charge is 2.23. The van der Waals surface area contributed by atoms with Gasteiger partial charge in [0.1, 0.15) is 0 Å². The zero-order chi connectivity index (χ0) is 39.2. The minimum atomic E-state index is -0.0153. The standard InChI is InChI=1S/C48H93NO5/c1-5-9-13-19-29-44(30-20-14-10-6-2)33-27-41-52-47(50)35-23-17-25-38-49(40-37-46-43-54-46)39-26-18-24-36-48(51)53-42-28-34-45(31-21-15-11-7-3)32-22-16-12-8-4/h44-46H,5-43H2,1-4H3. The normalized spacial score (nSPS) is 14.1. The molecule has 1 atom stereocenters. The molecule has 1 aliphatic heterocycles. The first-order chi connectivity index (χ1) is 26.5. The quantitative estimate of drug-likeness (QED) is 0.0350. The van der Waals surface area contributed by atoms with E-state index in [-0.39, 0.29) is 11.9 Å². The molecule has 1 unspecified atom stereocenters. The molecule has 0 amide bonds. The lowest BCUT2D eigenvalue weighted by Gasteiger charge is -2.22. The number of hydrogen-bond donors (Lipinski definition) is 0. The maximum absolute atomic E-state index is 12.4. The van der Waals surface area contributed by atoms with Crippen molar-refractivity contribution < 1.29 is 23.8 Å². The van der Waals surface area contributed by atoms with Crippen LogP contribution in [0.4, 0.5) is 0 Å². The zero-order valence-corrected chi connectivity index (χ0v) is 36.8. The Morgan fingerprint density at radius 1 is 0.481 bits per heavy atom. The summed E-state index contributed by atoms with van der Waals surface area (Å²) in [5, 5.41) is 0. The molecule has 1 aliphatic rings. The van der Waals surface area contributed by atoms with Crippen LogP contribution in [0, 0.1) is 11.8 Å². The summed E-state index contributed by atoms with van der Waals surface area (Å²) in [6.45, 7) is 14.4. The fraction of sp³-hybridized carbons (Fsp3) is 0.958. The van der Waals surface area contributed by atoms with Gasteiger partial charge >= 0.3 is 11.9 Å². The predicted octanol–water partition coefficient (Wildman–Crippen LogP) is 14.0. The van der Waals surface area contributed by atoms with Gasteiger partial charge in [0.2, 0.25) is 0 Å². The first kappa shape index (κ1) is 50.9. The van der Waals surface area contributed by atoms with E-state index >= 15 is 0 Å². The van der Waals surface area contributed by atoms with Crippen molar-refractivity contribution in [1.29, 1.82) is 0 Å². The van der Waals surface area contributed by atoms with Crippen molar-refractivity contribution in [3.05, 3.63) is 0 Å². The zero-order valence-electron chi connectivity index (χ0n) is 36.8. The van der Waals surface area contributed by atoms with Gasteiger partial charge in [0.05, 0.1) is 25.9 Å². The molecule has 0 aromatic rings. The Morgan fingerprint density at radius 3 is 1.19 bits per heavy atom. The Balaban J connectivity index is 2.18. The Morgan fingerprint density at radius 2 is 0.833 bits per heavy atom. The second kappa shape index (κ2) is 38.7. The third-order valence-electron chi connectivity index (χ3n) is 11.8. The summed E-state index contributed by atoms with van der Waals surface area (Å²) in [5.74, 6) is 1.57. The van der Waals surface area contributed by atoms with Crippen LogP contribution >= 0.6 is 0 Å². The van der Waals surface area contributed by atoms with Crippen molar-refractivity contribution in [1.82, 2.24) is 4.90 Å². The topological polar surface area (TPSA) is 68.4 Å². The molecule has 0 spiro atoms. The van der Waals surface area contributed by atoms with Crippen LogP contribution in [0.3, 0.4) is 0 Å². The second-order valence-electron chi connectivity index (χ2n) is 17.1. The van der Waals surface area contributed by atoms with Crippen molar-refractivity contribution in [3.63, 3.8) is 0 Å². The number of carbonyl (C=O) groups is 2. The van der Waals surface area contributed by atoms with Gasteiger partial charge in [-0.25, -0.2) is 0 Å². The summed E-state index contributed by atoms with van der Waals surface area (Å²) in [6.07, 6.45) is 40.1. The lowest BCUT2D eigenvalue weighted by atomic mass is 9.91. The number of epoxide rings is 1. The average molecular weight is 764 g/mol. The van der Waals surface area contributed by atoms with Crippen LogP contribution in [0.25, 0.3) is 0 Å². The van der Waals surface area contributed by atoms with E-state index < -0.39 is 0 Å². The van der Waals surface area contributed by atoms with Gasteiger partial charge in [-0.1, -0.05) is 169 Å². The summed E-state index contributed by atoms with van der Waals surface area (Å²) in [6, 6.07) is 0. The third-order valence-corrected chi connectivity index (χ3v) is 11.8. The number of hydrogen-bond acceptors (Lipinski definition) is 6. The molecular formula is C48H93NO5. The van der Waals surface area contributed by atoms with E-state index in [9.17, 15) is 9.59 Å². The Bertz CT molecular complexity index is 735. The molecule has 320 valence electrons. The first-order valence-corrected chi connectivity index (χ1v) is 24.2. The molecule has 1 heterocycles. The van der Waals surface area contributed by atoms with Gasteiger partial charge in [0.25, 0.3) is 0 Å². The summed E-state index contributed by atoms with van der Waals surface area (Å²) in [7, 11) is 0. The highest BCUT2D eigenvalue weighted by molar-refractivity contribution is 5.69. The predicted molar refractivity (Wildman–Crippen MR) is 230 cm³/mol. The third kappa shape index (κ3) is 34.1. The highest BCUT2D eigenvalue weighted by Crippen LogP contribution is 2.24. The molecule has 1 fully saturated rings. The van der Waals surface area contributed by atoms with Gasteiger partial charge in [-0.05, 0) is 82.7 Å². The highest BCUT2D eigenvalue weighted by atomic mass is 16.6. The first-order valence-electron chi connectivity index (χ1n) is 24.2. The number of unbranched alkanes of at least 4 members (excludes halogenated alkanes) is 16. The van der Waals surface area contributed by atoms with Gasteiger partial charge in [-0.15, -0.1) is 0 Å². The number of nitrogens with zero attached hydrogens (tertiary/aromatic N) is 1. The van der Waals surface area contributed by atoms with E-state index in [1.807, 2.05) is 0 Å². The fourth-order valence-corrected chi connectivity index (χ4v) is 8.03. The lowest BCUT2D eigenvalue weighted by Crippen LogP contribution is -2.28. The van der Waals surface area contributed by atoms with Crippen LogP contribution < -0.4 is 0 Å². The monoisotopic (exact) mass is 764 g/mol. The molecular weight excluding hydrogens is 671 g/mol. The number of rotatable bonds is 43. The van der Waals surface area contributed by atoms with Gasteiger partial charge < -0.3 is 19.1 Å². The van der Waals surface area contributed by atoms with E-state index in [1.54, 1.807) is 0 Å². The molecule has 0 radical (unpaired) electrons. The molecule has 0 saturated carbocycles. The largest absolute Gasteiger partial charge is 0.466 e. The van der Waals surface area contributed by atoms with Crippen LogP contribution in [0.1, 0.15) is 240 Å². The maximum atomic E-state index is 12.4. The van der Waals surface area contributed by atoms with E-state index in [0.29, 0.717) is 32.2 Å². The number of ether oxygens (including phenoxy) is 3. The fourth-order valence-electron chi connectivity index (χ4n) is 8.03. The second-order valence-corrected chi connectivity index (χ2v) is 17.1. The molecule has 0 aromatic carbocycles. The smallest absolute Gasteiger partial charge is 0.305 e. The van der Waals surface area contributed by atoms with Crippen molar-refractivity contribution >= 4 is 11.9 Å². The number of esters is 2. The van der Waals surface area contributed by atoms with Crippen LogP contribution in [0.5, 0.6) is 0 Å². The van der Waals surface area contributed by atoms with Crippen LogP contribution in [-0.2, 0) is 23.8 Å². The van der Waals surface area contributed by atoms with E-state index in [1.165, 1.54) is 141 Å². The lowest BCUT2D eigenvalue weighted by molar-refractivity contribution is -0.144. The summed E-state index contributed by atoms with van der Waals surface area (Å²) in [4.78, 5) is 27.4. The minimum Gasteiger partial charge on any atom is -0.466 e. The molecule has 0 aliphatic carbocycles. The average Bonchev–Trinajstić information content (AvgIpc) is 4.01. The van der Waals surface area contributed by atoms with E-state index in [2.05, 4.69) is 32.6 Å². The molecule has 6 nitrogen and oxygen atoms in total. The van der Waals surface area contributed by atoms with Crippen molar-refractivity contribution in [2.45, 2.75) is 246 Å². The summed E-state index contributed by atoms with van der Waals surface area (Å²) in [5.41, 5.74) is 0. The van der Waals surface area contributed by atoms with Gasteiger partial charge in [0.15, 0.2) is 0 Å². The molecule has 1 rings (SSSR count). The van der Waals surface area contributed by atoms with E-state index in [0.717, 1.165) is 95.9 Å². The SMILES string of the molecule is CCCCCCC(CCCCCC)CCCOC(=O)CCCCCN(CCCCCC(=O)OCCCC(CCCCCC)CCCCCC)CCC1CO1. The van der Waals surface area contributed by atoms with Crippen molar-refractivity contribution in [2.75, 3.05) is 39.5 Å². The Kier molecular flexibility index (Phi) is 36.5. The molecule has 54 heavy (non-hydrogen) atoms. The molecule has 6 heteroatoms. The molecule has 0 aromatic heterocycles. The Hall–Kier alpha value is -1.14. The van der Waals surface area contributed by atoms with Gasteiger partial charge in [-0.3, -0.25) is 9.59 Å². The Labute approximate surface area is 336 Å². The van der Waals surface area contributed by atoms with Crippen LogP contribution in [0.15, 0.2) is 0 Å². The van der Waals surface area contributed by atoms with Crippen LogP contribution in [-0.4, -0.2) is 62.4 Å². The number of carbonyl (C=O) groups excluding carboxylic acids is 2. The molecule has 0 N–H and O–H groups in total. The van der Waals surface area contributed by atoms with E-state index in [4.69, 9.17) is 14.2 Å².